The lowest BCUT2D eigenvalue weighted by molar-refractivity contribution is 0.0921. The van der Waals surface area contributed by atoms with Crippen LogP contribution in [0.3, 0.4) is 0 Å². The third-order valence-electron chi connectivity index (χ3n) is 3.29. The van der Waals surface area contributed by atoms with Crippen molar-refractivity contribution in [1.29, 1.82) is 0 Å². The number of carbonyl (C=O) groups is 1. The number of Topliss-reactive ketones (excluding diaryl/α,β-unsaturated/α-hetero) is 1. The van der Waals surface area contributed by atoms with Crippen molar-refractivity contribution >= 4 is 29.0 Å². The summed E-state index contributed by atoms with van der Waals surface area (Å²) in [6.45, 7) is 0.585. The SMILES string of the molecule is O=C(COc1cccc(Cl)c1Cl)c1ccc2c(c1)CCO2. The van der Waals surface area contributed by atoms with Crippen molar-refractivity contribution in [2.45, 2.75) is 6.42 Å². The second-order valence-corrected chi connectivity index (χ2v) is 5.47. The normalized spacial score (nSPS) is 12.7. The van der Waals surface area contributed by atoms with Gasteiger partial charge in [0.25, 0.3) is 0 Å². The lowest BCUT2D eigenvalue weighted by Gasteiger charge is -2.08. The molecule has 0 spiro atoms. The maximum Gasteiger partial charge on any atom is 0.200 e. The molecule has 0 aliphatic carbocycles. The Hall–Kier alpha value is -1.71. The van der Waals surface area contributed by atoms with E-state index in [1.54, 1.807) is 24.3 Å². The van der Waals surface area contributed by atoms with Gasteiger partial charge in [-0.2, -0.15) is 0 Å². The largest absolute Gasteiger partial charge is 0.493 e. The molecule has 0 saturated heterocycles. The van der Waals surface area contributed by atoms with Gasteiger partial charge in [0.2, 0.25) is 0 Å². The maximum atomic E-state index is 12.2. The molecular weight excluding hydrogens is 311 g/mol. The van der Waals surface area contributed by atoms with E-state index in [1.807, 2.05) is 12.1 Å². The Morgan fingerprint density at radius 3 is 2.95 bits per heavy atom. The molecule has 0 aromatic heterocycles. The average molecular weight is 323 g/mol. The van der Waals surface area contributed by atoms with Crippen molar-refractivity contribution in [3.05, 3.63) is 57.6 Å². The molecule has 0 bridgehead atoms. The van der Waals surface area contributed by atoms with Crippen LogP contribution in [0.25, 0.3) is 0 Å². The minimum absolute atomic E-state index is 0.0836. The molecule has 0 atom stereocenters. The van der Waals surface area contributed by atoms with Crippen molar-refractivity contribution in [2.24, 2.45) is 0 Å². The molecule has 3 nitrogen and oxygen atoms in total. The lowest BCUT2D eigenvalue weighted by atomic mass is 10.1. The molecule has 2 aromatic rings. The topological polar surface area (TPSA) is 35.5 Å². The van der Waals surface area contributed by atoms with Crippen molar-refractivity contribution in [1.82, 2.24) is 0 Å². The van der Waals surface area contributed by atoms with E-state index in [4.69, 9.17) is 32.7 Å². The van der Waals surface area contributed by atoms with Gasteiger partial charge in [0.05, 0.1) is 11.6 Å². The minimum atomic E-state index is -0.110. The third-order valence-corrected chi connectivity index (χ3v) is 4.09. The number of hydrogen-bond donors (Lipinski definition) is 0. The Bertz CT molecular complexity index is 698. The average Bonchev–Trinajstić information content (AvgIpc) is 2.96. The highest BCUT2D eigenvalue weighted by Crippen LogP contribution is 2.31. The molecule has 1 heterocycles. The van der Waals surface area contributed by atoms with Crippen molar-refractivity contribution in [2.75, 3.05) is 13.2 Å². The van der Waals surface area contributed by atoms with Crippen LogP contribution in [-0.2, 0) is 6.42 Å². The molecule has 1 aliphatic rings. The van der Waals surface area contributed by atoms with Gasteiger partial charge in [-0.05, 0) is 35.9 Å². The van der Waals surface area contributed by atoms with Crippen LogP contribution in [0, 0.1) is 0 Å². The molecule has 0 N–H and O–H groups in total. The summed E-state index contributed by atoms with van der Waals surface area (Å²) < 4.78 is 10.9. The highest BCUT2D eigenvalue weighted by molar-refractivity contribution is 6.42. The molecule has 0 radical (unpaired) electrons. The lowest BCUT2D eigenvalue weighted by Crippen LogP contribution is -2.12. The summed E-state index contributed by atoms with van der Waals surface area (Å²) in [5.41, 5.74) is 1.67. The van der Waals surface area contributed by atoms with E-state index >= 15 is 0 Å². The van der Waals surface area contributed by atoms with Crippen LogP contribution in [0.1, 0.15) is 15.9 Å². The van der Waals surface area contributed by atoms with Crippen LogP contribution in [-0.4, -0.2) is 19.0 Å². The zero-order chi connectivity index (χ0) is 14.8. The third kappa shape index (κ3) is 2.99. The maximum absolute atomic E-state index is 12.2. The number of halogens is 2. The van der Waals surface area contributed by atoms with Crippen LogP contribution in [0.2, 0.25) is 10.0 Å². The molecule has 21 heavy (non-hydrogen) atoms. The Morgan fingerprint density at radius 1 is 1.24 bits per heavy atom. The first kappa shape index (κ1) is 14.2. The summed E-state index contributed by atoms with van der Waals surface area (Å²) in [4.78, 5) is 12.2. The van der Waals surface area contributed by atoms with Gasteiger partial charge in [0, 0.05) is 12.0 Å². The summed E-state index contributed by atoms with van der Waals surface area (Å²) >= 11 is 11.9. The molecule has 0 unspecified atom stereocenters. The van der Waals surface area contributed by atoms with Gasteiger partial charge in [-0.25, -0.2) is 0 Å². The first-order chi connectivity index (χ1) is 10.1. The van der Waals surface area contributed by atoms with E-state index < -0.39 is 0 Å². The second-order valence-electron chi connectivity index (χ2n) is 4.68. The van der Waals surface area contributed by atoms with Crippen LogP contribution >= 0.6 is 23.2 Å². The Balaban J connectivity index is 1.71. The second kappa shape index (κ2) is 5.96. The van der Waals surface area contributed by atoms with Gasteiger partial charge in [-0.3, -0.25) is 4.79 Å². The standard InChI is InChI=1S/C16H12Cl2O3/c17-12-2-1-3-15(16(12)18)21-9-13(19)10-4-5-14-11(8-10)6-7-20-14/h1-5,8H,6-7,9H2. The Morgan fingerprint density at radius 2 is 2.10 bits per heavy atom. The van der Waals surface area contributed by atoms with Gasteiger partial charge < -0.3 is 9.47 Å². The highest BCUT2D eigenvalue weighted by Gasteiger charge is 2.16. The van der Waals surface area contributed by atoms with E-state index in [1.165, 1.54) is 0 Å². The van der Waals surface area contributed by atoms with E-state index in [2.05, 4.69) is 0 Å². The summed E-state index contributed by atoms with van der Waals surface area (Å²) in [5.74, 6) is 1.15. The smallest absolute Gasteiger partial charge is 0.200 e. The molecular formula is C16H12Cl2O3. The fraction of sp³-hybridized carbons (Fsp3) is 0.188. The van der Waals surface area contributed by atoms with Crippen LogP contribution in [0.15, 0.2) is 36.4 Å². The number of fused-ring (bicyclic) bond motifs is 1. The number of ketones is 1. The molecule has 0 saturated carbocycles. The molecule has 2 aromatic carbocycles. The van der Waals surface area contributed by atoms with Crippen LogP contribution in [0.4, 0.5) is 0 Å². The van der Waals surface area contributed by atoms with E-state index in [9.17, 15) is 4.79 Å². The number of ether oxygens (including phenoxy) is 2. The monoisotopic (exact) mass is 322 g/mol. The van der Waals surface area contributed by atoms with Crippen molar-refractivity contribution in [3.8, 4) is 11.5 Å². The van der Waals surface area contributed by atoms with Crippen LogP contribution < -0.4 is 9.47 Å². The fourth-order valence-corrected chi connectivity index (χ4v) is 2.53. The van der Waals surface area contributed by atoms with E-state index in [0.717, 1.165) is 17.7 Å². The summed E-state index contributed by atoms with van der Waals surface area (Å²) in [6.07, 6.45) is 0.831. The fourth-order valence-electron chi connectivity index (χ4n) is 2.18. The summed E-state index contributed by atoms with van der Waals surface area (Å²) in [6, 6.07) is 10.5. The molecule has 1 aliphatic heterocycles. The minimum Gasteiger partial charge on any atom is -0.493 e. The van der Waals surface area contributed by atoms with Gasteiger partial charge in [0.15, 0.2) is 12.4 Å². The Kier molecular flexibility index (Phi) is 4.04. The van der Waals surface area contributed by atoms with E-state index in [-0.39, 0.29) is 12.4 Å². The quantitative estimate of drug-likeness (QED) is 0.792. The van der Waals surface area contributed by atoms with Crippen LogP contribution in [0.5, 0.6) is 11.5 Å². The Labute approximate surface area is 132 Å². The predicted octanol–water partition coefficient (Wildman–Crippen LogP) is 4.19. The number of benzene rings is 2. The number of hydrogen-bond acceptors (Lipinski definition) is 3. The first-order valence-corrected chi connectivity index (χ1v) is 7.26. The molecule has 108 valence electrons. The number of carbonyl (C=O) groups excluding carboxylic acids is 1. The van der Waals surface area contributed by atoms with E-state index in [0.29, 0.717) is 28.0 Å². The van der Waals surface area contributed by atoms with Gasteiger partial charge >= 0.3 is 0 Å². The van der Waals surface area contributed by atoms with Gasteiger partial charge in [0.1, 0.15) is 16.5 Å². The molecule has 0 amide bonds. The molecule has 3 rings (SSSR count). The zero-order valence-corrected chi connectivity index (χ0v) is 12.6. The van der Waals surface area contributed by atoms with Gasteiger partial charge in [-0.15, -0.1) is 0 Å². The summed E-state index contributed by atoms with van der Waals surface area (Å²) in [7, 11) is 0. The van der Waals surface area contributed by atoms with Crippen molar-refractivity contribution in [3.63, 3.8) is 0 Å². The van der Waals surface area contributed by atoms with Crippen molar-refractivity contribution < 1.29 is 14.3 Å². The highest BCUT2D eigenvalue weighted by atomic mass is 35.5. The summed E-state index contributed by atoms with van der Waals surface area (Å²) in [5, 5.41) is 0.714. The molecule has 0 fully saturated rings. The van der Waals surface area contributed by atoms with Gasteiger partial charge in [-0.1, -0.05) is 29.3 Å². The molecule has 5 heteroatoms. The predicted molar refractivity (Wildman–Crippen MR) is 81.9 cm³/mol. The number of rotatable bonds is 4. The zero-order valence-electron chi connectivity index (χ0n) is 11.1. The first-order valence-electron chi connectivity index (χ1n) is 6.51.